The second-order valence-corrected chi connectivity index (χ2v) is 7.45. The third-order valence-corrected chi connectivity index (χ3v) is 5.71. The minimum Gasteiger partial charge on any atom is -0.396 e. The Hall–Kier alpha value is -3.66. The van der Waals surface area contributed by atoms with Crippen molar-refractivity contribution in [1.29, 1.82) is 0 Å². The molecule has 0 atom stereocenters. The standard InChI is InChI=1S/C21H21N7O3/c1-2-12-20(29)28(21(12)30)18-16(27-5-7-31-8-6-27)4-3-13(17(18)22)14-10-24-19-15(26-14)9-23-11-25-19/h3-4,9-12H,2,5-8,22H2,1H3. The summed E-state index contributed by atoms with van der Waals surface area (Å²) in [4.78, 5) is 45.8. The molecule has 4 heterocycles. The molecule has 0 bridgehead atoms. The zero-order valence-corrected chi connectivity index (χ0v) is 17.0. The zero-order valence-electron chi connectivity index (χ0n) is 17.0. The van der Waals surface area contributed by atoms with Crippen molar-refractivity contribution < 1.29 is 14.3 Å². The smallest absolute Gasteiger partial charge is 0.246 e. The van der Waals surface area contributed by atoms with Gasteiger partial charge in [-0.25, -0.2) is 24.8 Å². The number of carbonyl (C=O) groups is 2. The maximum absolute atomic E-state index is 12.8. The third-order valence-electron chi connectivity index (χ3n) is 5.71. The molecule has 0 saturated carbocycles. The molecule has 2 aliphatic rings. The summed E-state index contributed by atoms with van der Waals surface area (Å²) in [5, 5.41) is 0. The molecule has 2 aromatic heterocycles. The Labute approximate surface area is 178 Å². The van der Waals surface area contributed by atoms with Gasteiger partial charge in [0.15, 0.2) is 5.65 Å². The quantitative estimate of drug-likeness (QED) is 0.379. The normalized spacial score (nSPS) is 17.3. The van der Waals surface area contributed by atoms with Crippen molar-refractivity contribution in [3.8, 4) is 11.3 Å². The first kappa shape index (κ1) is 19.3. The summed E-state index contributed by atoms with van der Waals surface area (Å²) in [7, 11) is 0. The fourth-order valence-corrected chi connectivity index (χ4v) is 4.05. The minimum atomic E-state index is -0.613. The van der Waals surface area contributed by atoms with E-state index < -0.39 is 5.92 Å². The highest BCUT2D eigenvalue weighted by Gasteiger charge is 2.48. The summed E-state index contributed by atoms with van der Waals surface area (Å²) in [6, 6.07) is 3.72. The highest BCUT2D eigenvalue weighted by Crippen LogP contribution is 2.45. The maximum atomic E-state index is 12.8. The topological polar surface area (TPSA) is 127 Å². The second-order valence-electron chi connectivity index (χ2n) is 7.45. The minimum absolute atomic E-state index is 0.233. The number of benzene rings is 1. The number of ether oxygens (including phenoxy) is 1. The zero-order chi connectivity index (χ0) is 21.5. The van der Waals surface area contributed by atoms with Crippen LogP contribution in [-0.2, 0) is 14.3 Å². The summed E-state index contributed by atoms with van der Waals surface area (Å²) in [6.07, 6.45) is 5.03. The number of nitrogens with zero attached hydrogens (tertiary/aromatic N) is 6. The SMILES string of the molecule is CCC1C(=O)N(c2c(N3CCOCC3)ccc(-c3cnc4ncncc4n3)c2N)C1=O. The molecule has 158 valence electrons. The van der Waals surface area contributed by atoms with E-state index in [0.717, 1.165) is 5.69 Å². The van der Waals surface area contributed by atoms with Crippen molar-refractivity contribution in [2.24, 2.45) is 5.92 Å². The third kappa shape index (κ3) is 3.07. The number of imide groups is 1. The van der Waals surface area contributed by atoms with E-state index >= 15 is 0 Å². The van der Waals surface area contributed by atoms with Crippen LogP contribution in [0.1, 0.15) is 13.3 Å². The van der Waals surface area contributed by atoms with Crippen molar-refractivity contribution in [1.82, 2.24) is 19.9 Å². The molecule has 2 fully saturated rings. The fraction of sp³-hybridized carbons (Fsp3) is 0.333. The van der Waals surface area contributed by atoms with Gasteiger partial charge in [0.25, 0.3) is 0 Å². The number of morpholine rings is 1. The number of hydrogen-bond donors (Lipinski definition) is 1. The van der Waals surface area contributed by atoms with E-state index in [2.05, 4.69) is 24.8 Å². The Morgan fingerprint density at radius 3 is 2.65 bits per heavy atom. The van der Waals surface area contributed by atoms with Gasteiger partial charge in [0, 0.05) is 18.7 Å². The van der Waals surface area contributed by atoms with Gasteiger partial charge in [0.1, 0.15) is 17.8 Å². The van der Waals surface area contributed by atoms with Gasteiger partial charge in [0.05, 0.1) is 48.4 Å². The number of rotatable bonds is 4. The predicted octanol–water partition coefficient (Wildman–Crippen LogP) is 1.40. The van der Waals surface area contributed by atoms with Crippen LogP contribution >= 0.6 is 0 Å². The van der Waals surface area contributed by atoms with Crippen LogP contribution in [0.15, 0.2) is 30.9 Å². The first-order valence-electron chi connectivity index (χ1n) is 10.2. The predicted molar refractivity (Wildman–Crippen MR) is 114 cm³/mol. The number of carbonyl (C=O) groups excluding carboxylic acids is 2. The molecule has 5 rings (SSSR count). The van der Waals surface area contributed by atoms with Crippen molar-refractivity contribution in [3.05, 3.63) is 30.9 Å². The molecule has 0 unspecified atom stereocenters. The van der Waals surface area contributed by atoms with Crippen LogP contribution in [0, 0.1) is 5.92 Å². The lowest BCUT2D eigenvalue weighted by Gasteiger charge is -2.40. The summed E-state index contributed by atoms with van der Waals surface area (Å²) >= 11 is 0. The van der Waals surface area contributed by atoms with Crippen molar-refractivity contribution >= 4 is 40.0 Å². The van der Waals surface area contributed by atoms with Crippen molar-refractivity contribution in [3.63, 3.8) is 0 Å². The van der Waals surface area contributed by atoms with Gasteiger partial charge in [-0.1, -0.05) is 6.92 Å². The van der Waals surface area contributed by atoms with Crippen molar-refractivity contribution in [2.45, 2.75) is 13.3 Å². The second kappa shape index (κ2) is 7.55. The lowest BCUT2D eigenvalue weighted by Crippen LogP contribution is -2.58. The van der Waals surface area contributed by atoms with Gasteiger partial charge in [-0.15, -0.1) is 0 Å². The number of anilines is 3. The van der Waals surface area contributed by atoms with E-state index in [1.165, 1.54) is 11.2 Å². The number of amides is 2. The summed E-state index contributed by atoms with van der Waals surface area (Å²) in [5.74, 6) is -1.08. The molecule has 1 aromatic carbocycles. The Bertz CT molecular complexity index is 1180. The lowest BCUT2D eigenvalue weighted by atomic mass is 9.92. The molecule has 2 saturated heterocycles. The van der Waals surface area contributed by atoms with Gasteiger partial charge in [-0.2, -0.15) is 0 Å². The van der Waals surface area contributed by atoms with Crippen LogP contribution in [0.4, 0.5) is 17.1 Å². The molecule has 31 heavy (non-hydrogen) atoms. The van der Waals surface area contributed by atoms with Crippen LogP contribution < -0.4 is 15.5 Å². The Kier molecular flexibility index (Phi) is 4.70. The first-order valence-corrected chi connectivity index (χ1v) is 10.2. The molecule has 10 nitrogen and oxygen atoms in total. The highest BCUT2D eigenvalue weighted by molar-refractivity contribution is 6.35. The average molecular weight is 419 g/mol. The summed E-state index contributed by atoms with van der Waals surface area (Å²) in [6.45, 7) is 4.25. The van der Waals surface area contributed by atoms with E-state index in [1.54, 1.807) is 12.4 Å². The van der Waals surface area contributed by atoms with Gasteiger partial charge >= 0.3 is 0 Å². The number of hydrogen-bond acceptors (Lipinski definition) is 9. The van der Waals surface area contributed by atoms with Gasteiger partial charge in [-0.3, -0.25) is 9.59 Å². The number of nitrogens with two attached hydrogens (primary N) is 1. The Balaban J connectivity index is 1.65. The highest BCUT2D eigenvalue weighted by atomic mass is 16.5. The fourth-order valence-electron chi connectivity index (χ4n) is 4.05. The van der Waals surface area contributed by atoms with E-state index in [9.17, 15) is 9.59 Å². The van der Waals surface area contributed by atoms with Crippen LogP contribution in [-0.4, -0.2) is 58.1 Å². The van der Waals surface area contributed by atoms with Crippen LogP contribution in [0.3, 0.4) is 0 Å². The molecule has 3 aromatic rings. The first-order chi connectivity index (χ1) is 15.1. The largest absolute Gasteiger partial charge is 0.396 e. The molecule has 2 aliphatic heterocycles. The van der Waals surface area contributed by atoms with E-state index in [0.29, 0.717) is 66.5 Å². The van der Waals surface area contributed by atoms with E-state index in [1.807, 2.05) is 19.1 Å². The average Bonchev–Trinajstić information content (AvgIpc) is 2.81. The van der Waals surface area contributed by atoms with Gasteiger partial charge in [-0.05, 0) is 18.6 Å². The lowest BCUT2D eigenvalue weighted by molar-refractivity contribution is -0.143. The molecular formula is C21H21N7O3. The summed E-state index contributed by atoms with van der Waals surface area (Å²) < 4.78 is 5.45. The van der Waals surface area contributed by atoms with Crippen molar-refractivity contribution in [2.75, 3.05) is 41.8 Å². The number of β-lactam (4-membered cyclic amide) rings is 2. The van der Waals surface area contributed by atoms with Gasteiger partial charge < -0.3 is 15.4 Å². The Morgan fingerprint density at radius 1 is 1.13 bits per heavy atom. The monoisotopic (exact) mass is 419 g/mol. The van der Waals surface area contributed by atoms with Crippen LogP contribution in [0.2, 0.25) is 0 Å². The molecule has 0 radical (unpaired) electrons. The Morgan fingerprint density at radius 2 is 1.90 bits per heavy atom. The van der Waals surface area contributed by atoms with E-state index in [-0.39, 0.29) is 11.8 Å². The van der Waals surface area contributed by atoms with Gasteiger partial charge in [0.2, 0.25) is 11.8 Å². The molecular weight excluding hydrogens is 398 g/mol. The molecule has 2 amide bonds. The van der Waals surface area contributed by atoms with E-state index in [4.69, 9.17) is 10.5 Å². The summed E-state index contributed by atoms with van der Waals surface area (Å²) in [5.41, 5.74) is 10.1. The number of nitrogen functional groups attached to an aromatic ring is 1. The van der Waals surface area contributed by atoms with Crippen LogP contribution in [0.25, 0.3) is 22.4 Å². The molecule has 10 heteroatoms. The molecule has 2 N–H and O–H groups in total. The number of aromatic nitrogens is 4. The maximum Gasteiger partial charge on any atom is 0.246 e. The number of fused-ring (bicyclic) bond motifs is 1. The molecule has 0 aliphatic carbocycles. The van der Waals surface area contributed by atoms with Crippen LogP contribution in [0.5, 0.6) is 0 Å². The molecule has 0 spiro atoms.